The molecule has 0 fully saturated rings. The van der Waals surface area contributed by atoms with Crippen LogP contribution in [0.2, 0.25) is 10.0 Å². The lowest BCUT2D eigenvalue weighted by molar-refractivity contribution is 0.137. The van der Waals surface area contributed by atoms with Crippen LogP contribution in [0.1, 0.15) is 24.4 Å². The maximum Gasteiger partial charge on any atom is 0.322 e. The van der Waals surface area contributed by atoms with Gasteiger partial charge in [0.2, 0.25) is 0 Å². The van der Waals surface area contributed by atoms with E-state index in [0.717, 1.165) is 5.56 Å². The summed E-state index contributed by atoms with van der Waals surface area (Å²) in [7, 11) is 1.57. The first-order chi connectivity index (χ1) is 17.3. The molecule has 9 heteroatoms. The van der Waals surface area contributed by atoms with Crippen molar-refractivity contribution in [1.29, 1.82) is 0 Å². The highest BCUT2D eigenvalue weighted by molar-refractivity contribution is 6.42. The number of ether oxygens (including phenoxy) is 1. The molecule has 0 bridgehead atoms. The minimum Gasteiger partial charge on any atom is -0.383 e. The second-order valence-corrected chi connectivity index (χ2v) is 9.20. The van der Waals surface area contributed by atoms with Crippen molar-refractivity contribution in [3.05, 3.63) is 98.5 Å². The van der Waals surface area contributed by atoms with Crippen LogP contribution in [0, 0.1) is 6.92 Å². The number of hydrogen-bond donors (Lipinski definition) is 1. The molecule has 0 saturated carbocycles. The maximum absolute atomic E-state index is 13.7. The molecule has 1 atom stereocenters. The maximum atomic E-state index is 13.7. The van der Waals surface area contributed by atoms with Gasteiger partial charge in [-0.1, -0.05) is 53.0 Å². The minimum absolute atomic E-state index is 0.206. The fourth-order valence-corrected chi connectivity index (χ4v) is 4.24. The molecule has 0 aliphatic rings. The number of aromatic nitrogens is 2. The second-order valence-electron chi connectivity index (χ2n) is 8.38. The van der Waals surface area contributed by atoms with Crippen LogP contribution in [0.5, 0.6) is 0 Å². The van der Waals surface area contributed by atoms with E-state index >= 15 is 0 Å². The third-order valence-corrected chi connectivity index (χ3v) is 6.64. The van der Waals surface area contributed by atoms with Gasteiger partial charge in [-0.3, -0.25) is 9.36 Å². The summed E-state index contributed by atoms with van der Waals surface area (Å²) in [5.74, 6) is 0.433. The Bertz CT molecular complexity index is 1450. The average molecular weight is 525 g/mol. The van der Waals surface area contributed by atoms with Gasteiger partial charge in [0.15, 0.2) is 0 Å². The lowest BCUT2D eigenvalue weighted by Crippen LogP contribution is -2.41. The molecular weight excluding hydrogens is 499 g/mol. The predicted molar refractivity (Wildman–Crippen MR) is 145 cm³/mol. The normalized spacial score (nSPS) is 11.9. The summed E-state index contributed by atoms with van der Waals surface area (Å²) in [6.07, 6.45) is 0. The Labute approximate surface area is 219 Å². The molecule has 0 aliphatic heterocycles. The summed E-state index contributed by atoms with van der Waals surface area (Å²) in [5, 5.41) is 4.08. The van der Waals surface area contributed by atoms with E-state index in [1.807, 2.05) is 50.2 Å². The number of amides is 2. The Morgan fingerprint density at radius 2 is 1.81 bits per heavy atom. The number of anilines is 1. The highest BCUT2D eigenvalue weighted by Gasteiger charge is 2.27. The van der Waals surface area contributed by atoms with Crippen LogP contribution in [-0.4, -0.2) is 40.7 Å². The van der Waals surface area contributed by atoms with E-state index in [4.69, 9.17) is 32.9 Å². The molecule has 7 nitrogen and oxygen atoms in total. The summed E-state index contributed by atoms with van der Waals surface area (Å²) in [6, 6.07) is 18.7. The van der Waals surface area contributed by atoms with Crippen molar-refractivity contribution in [3.8, 4) is 5.69 Å². The number of hydrogen-bond acceptors (Lipinski definition) is 4. The fourth-order valence-electron chi connectivity index (χ4n) is 3.94. The van der Waals surface area contributed by atoms with Crippen LogP contribution in [0.4, 0.5) is 10.5 Å². The van der Waals surface area contributed by atoms with Crippen molar-refractivity contribution in [3.63, 3.8) is 0 Å². The number of carbonyl (C=O) groups excluding carboxylic acids is 1. The molecular formula is C27H26Cl2N4O3. The van der Waals surface area contributed by atoms with Crippen LogP contribution in [0.25, 0.3) is 16.6 Å². The van der Waals surface area contributed by atoms with E-state index < -0.39 is 12.1 Å². The van der Waals surface area contributed by atoms with Gasteiger partial charge in [-0.25, -0.2) is 9.78 Å². The van der Waals surface area contributed by atoms with E-state index in [-0.39, 0.29) is 12.1 Å². The number of nitrogens with one attached hydrogen (secondary N) is 1. The molecule has 2 amide bonds. The van der Waals surface area contributed by atoms with E-state index in [2.05, 4.69) is 5.32 Å². The number of methoxy groups -OCH3 is 1. The summed E-state index contributed by atoms with van der Waals surface area (Å²) >= 11 is 12.1. The molecule has 1 heterocycles. The van der Waals surface area contributed by atoms with E-state index in [9.17, 15) is 9.59 Å². The molecule has 1 unspecified atom stereocenters. The number of para-hydroxylation sites is 1. The number of urea groups is 1. The van der Waals surface area contributed by atoms with Gasteiger partial charge in [-0.15, -0.1) is 0 Å². The number of carbonyl (C=O) groups is 1. The summed E-state index contributed by atoms with van der Waals surface area (Å²) in [6.45, 7) is 4.38. The Hall–Kier alpha value is -3.39. The number of nitrogens with zero attached hydrogens (tertiary/aromatic N) is 3. The summed E-state index contributed by atoms with van der Waals surface area (Å²) in [4.78, 5) is 33.5. The minimum atomic E-state index is -0.582. The first kappa shape index (κ1) is 25.7. The van der Waals surface area contributed by atoms with Crippen LogP contribution < -0.4 is 10.9 Å². The number of halogens is 2. The highest BCUT2D eigenvalue weighted by Crippen LogP contribution is 2.27. The molecule has 0 spiro atoms. The SMILES string of the molecule is COCCN(C(=O)Nc1ccc(Cl)c(Cl)c1)C(C)c1nc2ccccc2c(=O)n1-c1ccc(C)cc1. The first-order valence-corrected chi connectivity index (χ1v) is 12.2. The zero-order chi connectivity index (χ0) is 25.8. The van der Waals surface area contributed by atoms with Crippen molar-refractivity contribution in [1.82, 2.24) is 14.5 Å². The largest absolute Gasteiger partial charge is 0.383 e. The van der Waals surface area contributed by atoms with Gasteiger partial charge in [0.1, 0.15) is 5.82 Å². The molecule has 1 N–H and O–H groups in total. The molecule has 3 aromatic carbocycles. The topological polar surface area (TPSA) is 76.5 Å². The number of aryl methyl sites for hydroxylation is 1. The zero-order valence-electron chi connectivity index (χ0n) is 20.2. The average Bonchev–Trinajstić information content (AvgIpc) is 2.87. The molecule has 4 rings (SSSR count). The van der Waals surface area contributed by atoms with Crippen LogP contribution in [0.3, 0.4) is 0 Å². The summed E-state index contributed by atoms with van der Waals surface area (Å²) in [5.41, 5.74) is 2.58. The van der Waals surface area contributed by atoms with Crippen molar-refractivity contribution in [2.45, 2.75) is 19.9 Å². The molecule has 1 aromatic heterocycles. The Kier molecular flexibility index (Phi) is 7.94. The number of rotatable bonds is 7. The van der Waals surface area contributed by atoms with Gasteiger partial charge in [-0.05, 0) is 56.3 Å². The monoisotopic (exact) mass is 524 g/mol. The molecule has 4 aromatic rings. The highest BCUT2D eigenvalue weighted by atomic mass is 35.5. The zero-order valence-corrected chi connectivity index (χ0v) is 21.7. The Balaban J connectivity index is 1.81. The standard InChI is InChI=1S/C27H26Cl2N4O3/c1-17-8-11-20(12-9-17)33-25(31-24-7-5-4-6-21(24)26(33)34)18(2)32(14-15-36-3)27(35)30-19-10-13-22(28)23(29)16-19/h4-13,16,18H,14-15H2,1-3H3,(H,30,35). The smallest absolute Gasteiger partial charge is 0.322 e. The quantitative estimate of drug-likeness (QED) is 0.310. The van der Waals surface area contributed by atoms with Gasteiger partial charge in [0, 0.05) is 19.3 Å². The van der Waals surface area contributed by atoms with E-state index in [1.54, 1.807) is 46.9 Å². The molecule has 186 valence electrons. The molecule has 36 heavy (non-hydrogen) atoms. The molecule has 0 saturated heterocycles. The fraction of sp³-hybridized carbons (Fsp3) is 0.222. The van der Waals surface area contributed by atoms with E-state index in [1.165, 1.54) is 0 Å². The number of benzene rings is 3. The van der Waals surface area contributed by atoms with Gasteiger partial charge < -0.3 is 15.0 Å². The van der Waals surface area contributed by atoms with Crippen LogP contribution >= 0.6 is 23.2 Å². The lowest BCUT2D eigenvalue weighted by atomic mass is 10.1. The van der Waals surface area contributed by atoms with Crippen LogP contribution in [0.15, 0.2) is 71.5 Å². The summed E-state index contributed by atoms with van der Waals surface area (Å²) < 4.78 is 6.83. The first-order valence-electron chi connectivity index (χ1n) is 11.4. The predicted octanol–water partition coefficient (Wildman–Crippen LogP) is 6.24. The van der Waals surface area contributed by atoms with Crippen molar-refractivity contribution >= 4 is 45.8 Å². The van der Waals surface area contributed by atoms with E-state index in [0.29, 0.717) is 44.8 Å². The van der Waals surface area contributed by atoms with Gasteiger partial charge in [0.25, 0.3) is 5.56 Å². The second kappa shape index (κ2) is 11.1. The Morgan fingerprint density at radius 1 is 1.08 bits per heavy atom. The molecule has 0 radical (unpaired) electrons. The third kappa shape index (κ3) is 5.38. The van der Waals surface area contributed by atoms with Gasteiger partial charge in [0.05, 0.1) is 39.3 Å². The number of fused-ring (bicyclic) bond motifs is 1. The lowest BCUT2D eigenvalue weighted by Gasteiger charge is -2.30. The third-order valence-electron chi connectivity index (χ3n) is 5.90. The molecule has 0 aliphatic carbocycles. The van der Waals surface area contributed by atoms with Crippen LogP contribution in [-0.2, 0) is 4.74 Å². The van der Waals surface area contributed by atoms with Crippen molar-refractivity contribution in [2.24, 2.45) is 0 Å². The Morgan fingerprint density at radius 3 is 2.50 bits per heavy atom. The van der Waals surface area contributed by atoms with Gasteiger partial charge >= 0.3 is 6.03 Å². The van der Waals surface area contributed by atoms with Gasteiger partial charge in [-0.2, -0.15) is 0 Å². The van der Waals surface area contributed by atoms with Crippen molar-refractivity contribution < 1.29 is 9.53 Å². The van der Waals surface area contributed by atoms with Crippen molar-refractivity contribution in [2.75, 3.05) is 25.6 Å².